The Balaban J connectivity index is 1.58. The fraction of sp³-hybridized carbons (Fsp3) is 0.182. The smallest absolute Gasteiger partial charge is 0.284 e. The molecule has 0 atom stereocenters. The van der Waals surface area contributed by atoms with Gasteiger partial charge < -0.3 is 5.32 Å². The van der Waals surface area contributed by atoms with Gasteiger partial charge in [-0.1, -0.05) is 60.7 Å². The molecule has 0 aliphatic carbocycles. The predicted octanol–water partition coefficient (Wildman–Crippen LogP) is 3.75. The van der Waals surface area contributed by atoms with Gasteiger partial charge in [0.05, 0.1) is 4.88 Å². The van der Waals surface area contributed by atoms with Gasteiger partial charge in [0.2, 0.25) is 5.91 Å². The maximum Gasteiger partial charge on any atom is 0.284 e. The van der Waals surface area contributed by atoms with Crippen molar-refractivity contribution in [3.63, 3.8) is 0 Å². The Hall–Kier alpha value is -2.96. The summed E-state index contributed by atoms with van der Waals surface area (Å²) in [5.74, 6) is -0.472. The zero-order valence-corrected chi connectivity index (χ0v) is 16.1. The van der Waals surface area contributed by atoms with Crippen LogP contribution in [0.5, 0.6) is 0 Å². The number of carbonyl (C=O) groups is 2. The minimum absolute atomic E-state index is 0.0292. The van der Waals surface area contributed by atoms with Gasteiger partial charge in [-0.25, -0.2) is 5.48 Å². The fourth-order valence-corrected chi connectivity index (χ4v) is 3.93. The number of hydrogen-bond acceptors (Lipinski definition) is 4. The monoisotopic (exact) mass is 394 g/mol. The number of thiophene rings is 1. The number of carbonyl (C=O) groups excluding carboxylic acids is 2. The molecule has 0 unspecified atom stereocenters. The first-order chi connectivity index (χ1) is 13.7. The minimum Gasteiger partial charge on any atom is -0.355 e. The Morgan fingerprint density at radius 2 is 1.50 bits per heavy atom. The van der Waals surface area contributed by atoms with Crippen LogP contribution in [0.25, 0.3) is 0 Å². The van der Waals surface area contributed by atoms with Gasteiger partial charge in [0, 0.05) is 23.8 Å². The summed E-state index contributed by atoms with van der Waals surface area (Å²) in [7, 11) is 0. The maximum absolute atomic E-state index is 12.4. The van der Waals surface area contributed by atoms with E-state index in [1.165, 1.54) is 11.3 Å². The van der Waals surface area contributed by atoms with Gasteiger partial charge in [0.25, 0.3) is 5.91 Å². The SMILES string of the molecule is O=C(CCc1ccc(C(=O)NO)s1)NCC(c1ccccc1)c1ccccc1. The Kier molecular flexibility index (Phi) is 6.94. The summed E-state index contributed by atoms with van der Waals surface area (Å²) in [6.45, 7) is 0.523. The molecule has 2 aromatic carbocycles. The van der Waals surface area contributed by atoms with Gasteiger partial charge in [-0.05, 0) is 29.7 Å². The topological polar surface area (TPSA) is 78.4 Å². The summed E-state index contributed by atoms with van der Waals surface area (Å²) in [6.07, 6.45) is 0.896. The van der Waals surface area contributed by atoms with Crippen LogP contribution in [-0.2, 0) is 11.2 Å². The van der Waals surface area contributed by atoms with E-state index in [9.17, 15) is 9.59 Å². The summed E-state index contributed by atoms with van der Waals surface area (Å²) in [4.78, 5) is 25.1. The lowest BCUT2D eigenvalue weighted by Gasteiger charge is -2.19. The summed E-state index contributed by atoms with van der Waals surface area (Å²) >= 11 is 1.27. The van der Waals surface area contributed by atoms with E-state index in [1.807, 2.05) is 36.4 Å². The van der Waals surface area contributed by atoms with E-state index in [1.54, 1.807) is 17.6 Å². The Morgan fingerprint density at radius 3 is 2.07 bits per heavy atom. The molecule has 0 spiro atoms. The standard InChI is InChI=1S/C22H22N2O3S/c25-21(14-12-18-11-13-20(28-18)22(26)24-27)23-15-19(16-7-3-1-4-8-16)17-9-5-2-6-10-17/h1-11,13,19,27H,12,14-15H2,(H,23,25)(H,24,26). The van der Waals surface area contributed by atoms with Crippen molar-refractivity contribution in [3.8, 4) is 0 Å². The molecule has 1 aromatic heterocycles. The van der Waals surface area contributed by atoms with E-state index in [-0.39, 0.29) is 11.8 Å². The largest absolute Gasteiger partial charge is 0.355 e. The van der Waals surface area contributed by atoms with Gasteiger partial charge in [0.1, 0.15) is 0 Å². The highest BCUT2D eigenvalue weighted by Crippen LogP contribution is 2.24. The molecule has 144 valence electrons. The van der Waals surface area contributed by atoms with Crippen molar-refractivity contribution in [2.45, 2.75) is 18.8 Å². The Morgan fingerprint density at radius 1 is 0.893 bits per heavy atom. The van der Waals surface area contributed by atoms with E-state index >= 15 is 0 Å². The number of rotatable bonds is 8. The van der Waals surface area contributed by atoms with Crippen molar-refractivity contribution in [2.75, 3.05) is 6.54 Å². The second-order valence-corrected chi connectivity index (χ2v) is 7.55. The first-order valence-electron chi connectivity index (χ1n) is 9.07. The molecule has 0 fully saturated rings. The van der Waals surface area contributed by atoms with Crippen LogP contribution < -0.4 is 10.8 Å². The molecule has 0 aliphatic rings. The van der Waals surface area contributed by atoms with Crippen molar-refractivity contribution in [3.05, 3.63) is 93.7 Å². The van der Waals surface area contributed by atoms with Gasteiger partial charge in [0.15, 0.2) is 0 Å². The molecule has 28 heavy (non-hydrogen) atoms. The number of benzene rings is 2. The van der Waals surface area contributed by atoms with Crippen LogP contribution in [0.15, 0.2) is 72.8 Å². The summed E-state index contributed by atoms with van der Waals surface area (Å²) < 4.78 is 0. The molecule has 3 aromatic rings. The Labute approximate surface area is 168 Å². The predicted molar refractivity (Wildman–Crippen MR) is 110 cm³/mol. The average Bonchev–Trinajstić information content (AvgIpc) is 3.22. The minimum atomic E-state index is -0.533. The summed E-state index contributed by atoms with van der Waals surface area (Å²) in [6, 6.07) is 23.7. The third-order valence-corrected chi connectivity index (χ3v) is 5.64. The molecule has 5 nitrogen and oxygen atoms in total. The molecule has 0 saturated heterocycles. The van der Waals surface area contributed by atoms with E-state index in [0.29, 0.717) is 24.3 Å². The van der Waals surface area contributed by atoms with Crippen molar-refractivity contribution in [1.82, 2.24) is 10.8 Å². The van der Waals surface area contributed by atoms with E-state index < -0.39 is 5.91 Å². The molecule has 0 bridgehead atoms. The third kappa shape index (κ3) is 5.28. The molecule has 6 heteroatoms. The third-order valence-electron chi connectivity index (χ3n) is 4.49. The maximum atomic E-state index is 12.4. The molecular formula is C22H22N2O3S. The van der Waals surface area contributed by atoms with Crippen molar-refractivity contribution in [2.24, 2.45) is 0 Å². The van der Waals surface area contributed by atoms with Crippen LogP contribution in [0.4, 0.5) is 0 Å². The molecular weight excluding hydrogens is 372 g/mol. The summed E-state index contributed by atoms with van der Waals surface area (Å²) in [5, 5.41) is 11.7. The second-order valence-electron chi connectivity index (χ2n) is 6.38. The normalized spacial score (nSPS) is 10.6. The van der Waals surface area contributed by atoms with Gasteiger partial charge in [-0.2, -0.15) is 0 Å². The summed E-state index contributed by atoms with van der Waals surface area (Å²) in [5.41, 5.74) is 3.93. The number of hydrogen-bond donors (Lipinski definition) is 3. The quantitative estimate of drug-likeness (QED) is 0.402. The highest BCUT2D eigenvalue weighted by molar-refractivity contribution is 7.14. The lowest BCUT2D eigenvalue weighted by Crippen LogP contribution is -2.29. The molecule has 3 N–H and O–H groups in total. The van der Waals surface area contributed by atoms with Gasteiger partial charge >= 0.3 is 0 Å². The highest BCUT2D eigenvalue weighted by atomic mass is 32.1. The van der Waals surface area contributed by atoms with Crippen LogP contribution in [0.1, 0.15) is 38.0 Å². The van der Waals surface area contributed by atoms with E-state index in [0.717, 1.165) is 16.0 Å². The number of amides is 2. The lowest BCUT2D eigenvalue weighted by atomic mass is 9.91. The van der Waals surface area contributed by atoms with Crippen LogP contribution in [-0.4, -0.2) is 23.6 Å². The van der Waals surface area contributed by atoms with Gasteiger partial charge in [-0.15, -0.1) is 11.3 Å². The number of nitrogens with one attached hydrogen (secondary N) is 2. The van der Waals surface area contributed by atoms with Crippen molar-refractivity contribution in [1.29, 1.82) is 0 Å². The fourth-order valence-electron chi connectivity index (χ4n) is 3.03. The first kappa shape index (κ1) is 19.8. The number of hydroxylamine groups is 1. The average molecular weight is 394 g/mol. The molecule has 1 heterocycles. The Bertz CT molecular complexity index is 870. The second kappa shape index (κ2) is 9.82. The molecule has 0 aliphatic heterocycles. The van der Waals surface area contributed by atoms with Crippen LogP contribution in [0, 0.1) is 0 Å². The van der Waals surface area contributed by atoms with E-state index in [4.69, 9.17) is 5.21 Å². The zero-order chi connectivity index (χ0) is 19.8. The molecule has 2 amide bonds. The van der Waals surface area contributed by atoms with Crippen LogP contribution in [0.2, 0.25) is 0 Å². The molecule has 3 rings (SSSR count). The zero-order valence-electron chi connectivity index (χ0n) is 15.3. The van der Waals surface area contributed by atoms with Crippen molar-refractivity contribution >= 4 is 23.2 Å². The van der Waals surface area contributed by atoms with Crippen molar-refractivity contribution < 1.29 is 14.8 Å². The first-order valence-corrected chi connectivity index (χ1v) is 9.88. The number of aryl methyl sites for hydroxylation is 1. The van der Waals surface area contributed by atoms with E-state index in [2.05, 4.69) is 29.6 Å². The molecule has 0 radical (unpaired) electrons. The van der Waals surface area contributed by atoms with Crippen LogP contribution >= 0.6 is 11.3 Å². The highest BCUT2D eigenvalue weighted by Gasteiger charge is 2.15. The molecule has 0 saturated carbocycles. The van der Waals surface area contributed by atoms with Gasteiger partial charge in [-0.3, -0.25) is 14.8 Å². The van der Waals surface area contributed by atoms with Crippen LogP contribution in [0.3, 0.4) is 0 Å². The lowest BCUT2D eigenvalue weighted by molar-refractivity contribution is -0.121.